The van der Waals surface area contributed by atoms with Gasteiger partial charge in [-0.2, -0.15) is 10.2 Å². The van der Waals surface area contributed by atoms with Gasteiger partial charge in [-0.15, -0.1) is 0 Å². The SMILES string of the molecule is CCCc1noc(Cn2ccc3c(C#N)cccc32)n1. The molecule has 100 valence electrons. The summed E-state index contributed by atoms with van der Waals surface area (Å²) in [5.74, 6) is 1.34. The zero-order valence-corrected chi connectivity index (χ0v) is 11.2. The van der Waals surface area contributed by atoms with Crippen molar-refractivity contribution in [3.05, 3.63) is 47.7 Å². The van der Waals surface area contributed by atoms with E-state index in [-0.39, 0.29) is 0 Å². The van der Waals surface area contributed by atoms with Crippen LogP contribution in [0.5, 0.6) is 0 Å². The molecule has 2 aromatic heterocycles. The van der Waals surface area contributed by atoms with Gasteiger partial charge in [0.15, 0.2) is 5.82 Å². The molecule has 0 saturated heterocycles. The number of nitrogens with zero attached hydrogens (tertiary/aromatic N) is 4. The van der Waals surface area contributed by atoms with E-state index in [1.807, 2.05) is 35.0 Å². The number of aryl methyl sites for hydroxylation is 1. The summed E-state index contributed by atoms with van der Waals surface area (Å²) in [5.41, 5.74) is 1.68. The van der Waals surface area contributed by atoms with Crippen molar-refractivity contribution in [2.75, 3.05) is 0 Å². The first-order chi connectivity index (χ1) is 9.81. The van der Waals surface area contributed by atoms with E-state index in [2.05, 4.69) is 23.1 Å². The van der Waals surface area contributed by atoms with Crippen LogP contribution in [0.15, 0.2) is 35.0 Å². The van der Waals surface area contributed by atoms with Crippen LogP contribution in [0.1, 0.15) is 30.6 Å². The minimum absolute atomic E-state index is 0.523. The molecule has 20 heavy (non-hydrogen) atoms. The van der Waals surface area contributed by atoms with Crippen LogP contribution in [0.4, 0.5) is 0 Å². The molecule has 0 N–H and O–H groups in total. The van der Waals surface area contributed by atoms with Gasteiger partial charge in [-0.1, -0.05) is 18.1 Å². The Hall–Kier alpha value is -2.61. The van der Waals surface area contributed by atoms with Gasteiger partial charge in [-0.3, -0.25) is 0 Å². The van der Waals surface area contributed by atoms with E-state index in [1.165, 1.54) is 0 Å². The van der Waals surface area contributed by atoms with E-state index in [0.29, 0.717) is 18.0 Å². The second kappa shape index (κ2) is 5.17. The number of aromatic nitrogens is 3. The summed E-state index contributed by atoms with van der Waals surface area (Å²) < 4.78 is 7.26. The lowest BCUT2D eigenvalue weighted by atomic mass is 10.1. The molecule has 0 atom stereocenters. The highest BCUT2D eigenvalue weighted by atomic mass is 16.5. The van der Waals surface area contributed by atoms with Crippen molar-refractivity contribution in [2.24, 2.45) is 0 Å². The Balaban J connectivity index is 1.93. The fourth-order valence-electron chi connectivity index (χ4n) is 2.28. The fourth-order valence-corrected chi connectivity index (χ4v) is 2.28. The van der Waals surface area contributed by atoms with Crippen LogP contribution in [0, 0.1) is 11.3 Å². The summed E-state index contributed by atoms with van der Waals surface area (Å²) in [7, 11) is 0. The molecule has 2 heterocycles. The van der Waals surface area contributed by atoms with Crippen LogP contribution in [-0.2, 0) is 13.0 Å². The Kier molecular flexibility index (Phi) is 3.21. The normalized spacial score (nSPS) is 10.8. The number of rotatable bonds is 4. The van der Waals surface area contributed by atoms with Gasteiger partial charge < -0.3 is 9.09 Å². The summed E-state index contributed by atoms with van der Waals surface area (Å²) in [6, 6.07) is 9.83. The summed E-state index contributed by atoms with van der Waals surface area (Å²) >= 11 is 0. The molecule has 3 rings (SSSR count). The predicted octanol–water partition coefficient (Wildman–Crippen LogP) is 2.90. The number of nitriles is 1. The van der Waals surface area contributed by atoms with Crippen molar-refractivity contribution >= 4 is 10.9 Å². The summed E-state index contributed by atoms with van der Waals surface area (Å²) in [6.45, 7) is 2.61. The van der Waals surface area contributed by atoms with Gasteiger partial charge in [0.1, 0.15) is 6.54 Å². The third-order valence-corrected chi connectivity index (χ3v) is 3.22. The minimum Gasteiger partial charge on any atom is -0.338 e. The van der Waals surface area contributed by atoms with E-state index >= 15 is 0 Å². The van der Waals surface area contributed by atoms with Gasteiger partial charge in [0.25, 0.3) is 0 Å². The molecule has 3 aromatic rings. The van der Waals surface area contributed by atoms with Crippen LogP contribution in [-0.4, -0.2) is 14.7 Å². The lowest BCUT2D eigenvalue weighted by Gasteiger charge is -2.01. The fraction of sp³-hybridized carbons (Fsp3) is 0.267. The molecule has 0 radical (unpaired) electrons. The maximum atomic E-state index is 9.10. The maximum absolute atomic E-state index is 9.10. The number of fused-ring (bicyclic) bond motifs is 1. The lowest BCUT2D eigenvalue weighted by molar-refractivity contribution is 0.367. The average molecular weight is 266 g/mol. The Morgan fingerprint density at radius 2 is 2.25 bits per heavy atom. The van der Waals surface area contributed by atoms with Gasteiger partial charge in [0.2, 0.25) is 5.89 Å². The molecular weight excluding hydrogens is 252 g/mol. The summed E-state index contributed by atoms with van der Waals surface area (Å²) in [4.78, 5) is 4.36. The van der Waals surface area contributed by atoms with Crippen molar-refractivity contribution in [3.8, 4) is 6.07 Å². The highest BCUT2D eigenvalue weighted by molar-refractivity contribution is 5.86. The van der Waals surface area contributed by atoms with Crippen LogP contribution < -0.4 is 0 Å². The molecule has 0 bridgehead atoms. The third kappa shape index (κ3) is 2.16. The molecule has 0 saturated carbocycles. The van der Waals surface area contributed by atoms with Crippen molar-refractivity contribution < 1.29 is 4.52 Å². The predicted molar refractivity (Wildman–Crippen MR) is 74.0 cm³/mol. The molecule has 0 unspecified atom stereocenters. The molecule has 5 nitrogen and oxygen atoms in total. The topological polar surface area (TPSA) is 67.6 Å². The van der Waals surface area contributed by atoms with Crippen molar-refractivity contribution in [1.82, 2.24) is 14.7 Å². The number of benzene rings is 1. The zero-order valence-electron chi connectivity index (χ0n) is 11.2. The van der Waals surface area contributed by atoms with Gasteiger partial charge in [0.05, 0.1) is 11.6 Å². The third-order valence-electron chi connectivity index (χ3n) is 3.22. The van der Waals surface area contributed by atoms with Crippen LogP contribution >= 0.6 is 0 Å². The second-order valence-corrected chi connectivity index (χ2v) is 4.65. The summed E-state index contributed by atoms with van der Waals surface area (Å²) in [5, 5.41) is 14.0. The van der Waals surface area contributed by atoms with Crippen molar-refractivity contribution in [3.63, 3.8) is 0 Å². The Labute approximate surface area is 116 Å². The molecule has 0 aliphatic heterocycles. The molecule has 0 aliphatic rings. The molecule has 0 spiro atoms. The van der Waals surface area contributed by atoms with Gasteiger partial charge >= 0.3 is 0 Å². The van der Waals surface area contributed by atoms with Crippen LogP contribution in [0.3, 0.4) is 0 Å². The average Bonchev–Trinajstić information content (AvgIpc) is 3.07. The zero-order chi connectivity index (χ0) is 13.9. The lowest BCUT2D eigenvalue weighted by Crippen LogP contribution is -1.98. The maximum Gasteiger partial charge on any atom is 0.246 e. The van der Waals surface area contributed by atoms with E-state index in [1.54, 1.807) is 0 Å². The summed E-state index contributed by atoms with van der Waals surface area (Å²) in [6.07, 6.45) is 3.76. The van der Waals surface area contributed by atoms with Gasteiger partial charge in [-0.05, 0) is 24.6 Å². The monoisotopic (exact) mass is 266 g/mol. The first-order valence-corrected chi connectivity index (χ1v) is 6.61. The van der Waals surface area contributed by atoms with Crippen LogP contribution in [0.25, 0.3) is 10.9 Å². The molecule has 5 heteroatoms. The largest absolute Gasteiger partial charge is 0.338 e. The second-order valence-electron chi connectivity index (χ2n) is 4.65. The van der Waals surface area contributed by atoms with E-state index in [4.69, 9.17) is 9.78 Å². The quantitative estimate of drug-likeness (QED) is 0.728. The Morgan fingerprint density at radius 3 is 3.05 bits per heavy atom. The molecule has 0 aliphatic carbocycles. The Morgan fingerprint density at radius 1 is 1.35 bits per heavy atom. The van der Waals surface area contributed by atoms with Gasteiger partial charge in [-0.25, -0.2) is 0 Å². The van der Waals surface area contributed by atoms with E-state index < -0.39 is 0 Å². The number of hydrogen-bond donors (Lipinski definition) is 0. The minimum atomic E-state index is 0.523. The molecule has 0 amide bonds. The highest BCUT2D eigenvalue weighted by Crippen LogP contribution is 2.20. The smallest absolute Gasteiger partial charge is 0.246 e. The highest BCUT2D eigenvalue weighted by Gasteiger charge is 2.09. The Bertz CT molecular complexity index is 779. The first kappa shape index (κ1) is 12.4. The van der Waals surface area contributed by atoms with E-state index in [9.17, 15) is 0 Å². The van der Waals surface area contributed by atoms with E-state index in [0.717, 1.165) is 29.6 Å². The first-order valence-electron chi connectivity index (χ1n) is 6.61. The molecule has 1 aromatic carbocycles. The van der Waals surface area contributed by atoms with Crippen molar-refractivity contribution in [2.45, 2.75) is 26.3 Å². The molecular formula is C15H14N4O. The van der Waals surface area contributed by atoms with Crippen LogP contribution in [0.2, 0.25) is 0 Å². The number of hydrogen-bond acceptors (Lipinski definition) is 4. The van der Waals surface area contributed by atoms with Crippen molar-refractivity contribution in [1.29, 1.82) is 5.26 Å². The standard InChI is InChI=1S/C15H14N4O/c1-2-4-14-17-15(20-18-14)10-19-8-7-12-11(9-16)5-3-6-13(12)19/h3,5-8H,2,4,10H2,1H3. The molecule has 0 fully saturated rings. The van der Waals surface area contributed by atoms with Gasteiger partial charge in [0, 0.05) is 23.5 Å².